The van der Waals surface area contributed by atoms with Crippen LogP contribution >= 0.6 is 11.6 Å². The number of nitrogens with zero attached hydrogens (tertiary/aromatic N) is 1. The Balaban J connectivity index is 1.72. The van der Waals surface area contributed by atoms with Crippen LogP contribution < -0.4 is 30.4 Å². The van der Waals surface area contributed by atoms with E-state index in [4.69, 9.17) is 30.3 Å². The zero-order valence-corrected chi connectivity index (χ0v) is 18.5. The SMILES string of the molecule is COc1cc(C(=O)NNC(=O)Nc2c(-c3ccccc3Cl)noc2C)cc(OC)c1OC. The Labute approximate surface area is 188 Å². The third-order valence-corrected chi connectivity index (χ3v) is 4.78. The number of carbonyl (C=O) groups excluding carboxylic acids is 2. The number of halogens is 1. The van der Waals surface area contributed by atoms with E-state index in [1.165, 1.54) is 33.5 Å². The Hall–Kier alpha value is -3.92. The highest BCUT2D eigenvalue weighted by Gasteiger charge is 2.20. The number of carbonyl (C=O) groups is 2. The van der Waals surface area contributed by atoms with Gasteiger partial charge in [-0.2, -0.15) is 0 Å². The first-order chi connectivity index (χ1) is 15.4. The summed E-state index contributed by atoms with van der Waals surface area (Å²) in [5, 5.41) is 7.02. The number of methoxy groups -OCH3 is 3. The number of aromatic nitrogens is 1. The van der Waals surface area contributed by atoms with Crippen molar-refractivity contribution in [3.8, 4) is 28.5 Å². The average molecular weight is 461 g/mol. The lowest BCUT2D eigenvalue weighted by atomic mass is 10.1. The summed E-state index contributed by atoms with van der Waals surface area (Å²) in [6, 6.07) is 9.19. The van der Waals surface area contributed by atoms with E-state index in [0.29, 0.717) is 45.0 Å². The van der Waals surface area contributed by atoms with Crippen LogP contribution in [-0.4, -0.2) is 38.4 Å². The first-order valence-electron chi connectivity index (χ1n) is 9.28. The highest BCUT2D eigenvalue weighted by Crippen LogP contribution is 2.38. The molecule has 3 N–H and O–H groups in total. The van der Waals surface area contributed by atoms with Gasteiger partial charge in [-0.1, -0.05) is 35.0 Å². The van der Waals surface area contributed by atoms with Gasteiger partial charge in [0.1, 0.15) is 11.4 Å². The summed E-state index contributed by atoms with van der Waals surface area (Å²) in [5.41, 5.74) is 6.03. The van der Waals surface area contributed by atoms with Crippen LogP contribution in [-0.2, 0) is 0 Å². The first kappa shape index (κ1) is 22.8. The molecule has 0 atom stereocenters. The zero-order valence-electron chi connectivity index (χ0n) is 17.7. The Bertz CT molecular complexity index is 1120. The summed E-state index contributed by atoms with van der Waals surface area (Å²) < 4.78 is 20.9. The maximum atomic E-state index is 12.5. The number of amides is 3. The molecule has 0 unspecified atom stereocenters. The molecule has 32 heavy (non-hydrogen) atoms. The van der Waals surface area contributed by atoms with Crippen LogP contribution in [0.25, 0.3) is 11.3 Å². The fraction of sp³-hybridized carbons (Fsp3) is 0.190. The molecule has 1 aromatic heterocycles. The predicted molar refractivity (Wildman–Crippen MR) is 117 cm³/mol. The van der Waals surface area contributed by atoms with E-state index in [2.05, 4.69) is 21.3 Å². The van der Waals surface area contributed by atoms with E-state index < -0.39 is 11.9 Å². The van der Waals surface area contributed by atoms with Gasteiger partial charge in [0, 0.05) is 11.1 Å². The number of benzene rings is 2. The van der Waals surface area contributed by atoms with Crippen molar-refractivity contribution >= 4 is 29.2 Å². The first-order valence-corrected chi connectivity index (χ1v) is 9.65. The van der Waals surface area contributed by atoms with Gasteiger partial charge in [-0.25, -0.2) is 10.2 Å². The van der Waals surface area contributed by atoms with Crippen LogP contribution in [0.5, 0.6) is 17.2 Å². The monoisotopic (exact) mass is 460 g/mol. The fourth-order valence-corrected chi connectivity index (χ4v) is 3.12. The van der Waals surface area contributed by atoms with Crippen LogP contribution in [0.2, 0.25) is 5.02 Å². The molecule has 3 rings (SSSR count). The Morgan fingerprint density at radius 3 is 2.25 bits per heavy atom. The van der Waals surface area contributed by atoms with E-state index >= 15 is 0 Å². The van der Waals surface area contributed by atoms with Crippen molar-refractivity contribution in [2.75, 3.05) is 26.6 Å². The second-order valence-corrected chi connectivity index (χ2v) is 6.80. The summed E-state index contributed by atoms with van der Waals surface area (Å²) in [6.45, 7) is 1.64. The minimum atomic E-state index is -0.717. The maximum absolute atomic E-state index is 12.5. The number of ether oxygens (including phenoxy) is 3. The molecule has 0 radical (unpaired) electrons. The second-order valence-electron chi connectivity index (χ2n) is 6.39. The van der Waals surface area contributed by atoms with E-state index in [1.807, 2.05) is 0 Å². The van der Waals surface area contributed by atoms with Crippen molar-refractivity contribution in [2.24, 2.45) is 0 Å². The van der Waals surface area contributed by atoms with Gasteiger partial charge in [-0.3, -0.25) is 10.2 Å². The van der Waals surface area contributed by atoms with Crippen molar-refractivity contribution in [2.45, 2.75) is 6.92 Å². The average Bonchev–Trinajstić information content (AvgIpc) is 3.16. The molecule has 3 aromatic rings. The fourth-order valence-electron chi connectivity index (χ4n) is 2.90. The van der Waals surface area contributed by atoms with E-state index in [9.17, 15) is 9.59 Å². The van der Waals surface area contributed by atoms with E-state index in [1.54, 1.807) is 31.2 Å². The normalized spacial score (nSPS) is 10.3. The Morgan fingerprint density at radius 1 is 1.00 bits per heavy atom. The standard InChI is InChI=1S/C21H21ClN4O6/c1-11-17(18(26-32-11)13-7-5-6-8-14(13)22)23-21(28)25-24-20(27)12-9-15(29-2)19(31-4)16(10-12)30-3/h5-10H,1-4H3,(H,24,27)(H2,23,25,28). The Morgan fingerprint density at radius 2 is 1.66 bits per heavy atom. The number of nitrogens with one attached hydrogen (secondary N) is 3. The third-order valence-electron chi connectivity index (χ3n) is 4.45. The molecule has 2 aromatic carbocycles. The maximum Gasteiger partial charge on any atom is 0.338 e. The highest BCUT2D eigenvalue weighted by atomic mass is 35.5. The second kappa shape index (κ2) is 9.92. The molecule has 11 heteroatoms. The number of rotatable bonds is 6. The summed E-state index contributed by atoms with van der Waals surface area (Å²) in [6.07, 6.45) is 0. The van der Waals surface area contributed by atoms with Crippen LogP contribution in [0.15, 0.2) is 40.9 Å². The molecular formula is C21H21ClN4O6. The van der Waals surface area contributed by atoms with Crippen molar-refractivity contribution < 1.29 is 28.3 Å². The zero-order chi connectivity index (χ0) is 23.3. The number of hydrogen-bond donors (Lipinski definition) is 3. The molecule has 0 bridgehead atoms. The molecular weight excluding hydrogens is 440 g/mol. The van der Waals surface area contributed by atoms with Crippen LogP contribution in [0, 0.1) is 6.92 Å². The van der Waals surface area contributed by atoms with Crippen molar-refractivity contribution in [3.63, 3.8) is 0 Å². The molecule has 0 aliphatic rings. The van der Waals surface area contributed by atoms with Crippen molar-refractivity contribution in [1.29, 1.82) is 0 Å². The molecule has 0 saturated carbocycles. The predicted octanol–water partition coefficient (Wildman–Crippen LogP) is 3.80. The summed E-state index contributed by atoms with van der Waals surface area (Å²) in [5.74, 6) is 0.697. The van der Waals surface area contributed by atoms with Gasteiger partial charge in [0.25, 0.3) is 5.91 Å². The van der Waals surface area contributed by atoms with Gasteiger partial charge in [0.15, 0.2) is 17.3 Å². The van der Waals surface area contributed by atoms with E-state index in [0.717, 1.165) is 0 Å². The molecule has 168 valence electrons. The summed E-state index contributed by atoms with van der Waals surface area (Å²) in [4.78, 5) is 24.9. The molecule has 1 heterocycles. The number of hydrogen-bond acceptors (Lipinski definition) is 7. The smallest absolute Gasteiger partial charge is 0.338 e. The van der Waals surface area contributed by atoms with Crippen LogP contribution in [0.4, 0.5) is 10.5 Å². The highest BCUT2D eigenvalue weighted by molar-refractivity contribution is 6.33. The van der Waals surface area contributed by atoms with Gasteiger partial charge < -0.3 is 24.1 Å². The Kier molecular flexibility index (Phi) is 7.06. The van der Waals surface area contributed by atoms with E-state index in [-0.39, 0.29) is 5.56 Å². The summed E-state index contributed by atoms with van der Waals surface area (Å²) >= 11 is 6.22. The van der Waals surface area contributed by atoms with Crippen LogP contribution in [0.3, 0.4) is 0 Å². The molecule has 0 aliphatic heterocycles. The minimum absolute atomic E-state index is 0.178. The number of urea groups is 1. The van der Waals surface area contributed by atoms with Gasteiger partial charge in [-0.15, -0.1) is 0 Å². The quantitative estimate of drug-likeness (QED) is 0.478. The topological polar surface area (TPSA) is 124 Å². The molecule has 0 saturated heterocycles. The van der Waals surface area contributed by atoms with Gasteiger partial charge in [0.2, 0.25) is 5.75 Å². The largest absolute Gasteiger partial charge is 0.493 e. The molecule has 0 spiro atoms. The molecule has 0 aliphatic carbocycles. The molecule has 0 fully saturated rings. The molecule has 10 nitrogen and oxygen atoms in total. The number of anilines is 1. The van der Waals surface area contributed by atoms with Crippen molar-refractivity contribution in [1.82, 2.24) is 16.0 Å². The van der Waals surface area contributed by atoms with Gasteiger partial charge >= 0.3 is 6.03 Å². The van der Waals surface area contributed by atoms with Gasteiger partial charge in [-0.05, 0) is 25.1 Å². The van der Waals surface area contributed by atoms with Crippen LogP contribution in [0.1, 0.15) is 16.1 Å². The minimum Gasteiger partial charge on any atom is -0.493 e. The van der Waals surface area contributed by atoms with Crippen molar-refractivity contribution in [3.05, 3.63) is 52.7 Å². The lowest BCUT2D eigenvalue weighted by molar-refractivity contribution is 0.0937. The number of hydrazine groups is 1. The van der Waals surface area contributed by atoms with Gasteiger partial charge in [0.05, 0.1) is 26.4 Å². The molecule has 3 amide bonds. The lowest BCUT2D eigenvalue weighted by Crippen LogP contribution is -2.44. The summed E-state index contributed by atoms with van der Waals surface area (Å²) in [7, 11) is 4.32. The number of aryl methyl sites for hydroxylation is 1. The lowest BCUT2D eigenvalue weighted by Gasteiger charge is -2.14. The third kappa shape index (κ3) is 4.70.